The second-order valence-electron chi connectivity index (χ2n) is 9.24. The van der Waals surface area contributed by atoms with Gasteiger partial charge in [-0.25, -0.2) is 9.59 Å². The summed E-state index contributed by atoms with van der Waals surface area (Å²) in [6.07, 6.45) is -0.779. The Morgan fingerprint density at radius 3 is 2.57 bits per heavy atom. The third-order valence-electron chi connectivity index (χ3n) is 6.98. The van der Waals surface area contributed by atoms with Crippen molar-refractivity contribution in [3.05, 3.63) is 53.6 Å². The lowest BCUT2D eigenvalue weighted by atomic mass is 9.83. The first-order valence-electron chi connectivity index (χ1n) is 12.4. The first kappa shape index (κ1) is 26.6. The Morgan fingerprint density at radius 1 is 1.11 bits per heavy atom. The van der Waals surface area contributed by atoms with Crippen LogP contribution in [0.1, 0.15) is 29.9 Å². The lowest BCUT2D eigenvalue weighted by Crippen LogP contribution is -2.55. The van der Waals surface area contributed by atoms with E-state index in [1.807, 2.05) is 42.5 Å². The van der Waals surface area contributed by atoms with Crippen LogP contribution in [0.15, 0.2) is 42.5 Å². The minimum Gasteiger partial charge on any atom is -0.497 e. The van der Waals surface area contributed by atoms with Gasteiger partial charge in [0.2, 0.25) is 0 Å². The van der Waals surface area contributed by atoms with Crippen LogP contribution in [0.3, 0.4) is 0 Å². The van der Waals surface area contributed by atoms with Crippen molar-refractivity contribution in [3.8, 4) is 11.5 Å². The predicted molar refractivity (Wildman–Crippen MR) is 136 cm³/mol. The van der Waals surface area contributed by atoms with Crippen molar-refractivity contribution in [1.82, 2.24) is 4.90 Å². The van der Waals surface area contributed by atoms with Gasteiger partial charge in [-0.3, -0.25) is 4.90 Å². The lowest BCUT2D eigenvalue weighted by molar-refractivity contribution is -0.146. The number of piperidine rings is 1. The third-order valence-corrected chi connectivity index (χ3v) is 6.98. The van der Waals surface area contributed by atoms with Gasteiger partial charge in [-0.15, -0.1) is 0 Å². The zero-order valence-corrected chi connectivity index (χ0v) is 21.2. The van der Waals surface area contributed by atoms with Crippen LogP contribution in [0.4, 0.5) is 10.5 Å². The monoisotopic (exact) mass is 514 g/mol. The molecule has 0 spiro atoms. The molecule has 37 heavy (non-hydrogen) atoms. The maximum absolute atomic E-state index is 11.9. The van der Waals surface area contributed by atoms with Gasteiger partial charge in [0.1, 0.15) is 24.1 Å². The zero-order valence-electron chi connectivity index (χ0n) is 21.2. The van der Waals surface area contributed by atoms with Crippen LogP contribution in [0, 0.1) is 0 Å². The molecule has 0 aromatic heterocycles. The van der Waals surface area contributed by atoms with Crippen molar-refractivity contribution in [2.75, 3.05) is 52.0 Å². The third kappa shape index (κ3) is 6.26. The molecule has 10 heteroatoms. The highest BCUT2D eigenvalue weighted by Crippen LogP contribution is 2.37. The van der Waals surface area contributed by atoms with Crippen LogP contribution in [-0.2, 0) is 20.9 Å². The summed E-state index contributed by atoms with van der Waals surface area (Å²) in [5, 5.41) is 19.4. The fourth-order valence-electron chi connectivity index (χ4n) is 5.03. The van der Waals surface area contributed by atoms with Crippen LogP contribution < -0.4 is 14.4 Å². The highest BCUT2D eigenvalue weighted by molar-refractivity contribution is 5.79. The van der Waals surface area contributed by atoms with Gasteiger partial charge in [0.25, 0.3) is 0 Å². The SMILES string of the molecule is COCCCN1CCOc2ccc(CO[C@H]3CN(C(=O)O)[C@@H](C(=O)O)C[C@@H]3c3ccc(OC)cc3)cc21. The van der Waals surface area contributed by atoms with Crippen LogP contribution in [0.25, 0.3) is 0 Å². The van der Waals surface area contributed by atoms with E-state index in [-0.39, 0.29) is 25.5 Å². The molecule has 1 saturated heterocycles. The van der Waals surface area contributed by atoms with Crippen molar-refractivity contribution < 1.29 is 38.7 Å². The Hall–Kier alpha value is -3.50. The molecule has 2 aromatic rings. The largest absolute Gasteiger partial charge is 0.497 e. The molecule has 10 nitrogen and oxygen atoms in total. The summed E-state index contributed by atoms with van der Waals surface area (Å²) in [4.78, 5) is 27.0. The van der Waals surface area contributed by atoms with E-state index in [4.69, 9.17) is 18.9 Å². The number of amides is 1. The van der Waals surface area contributed by atoms with Gasteiger partial charge in [0.15, 0.2) is 0 Å². The van der Waals surface area contributed by atoms with E-state index in [1.54, 1.807) is 14.2 Å². The van der Waals surface area contributed by atoms with E-state index in [2.05, 4.69) is 4.90 Å². The van der Waals surface area contributed by atoms with Crippen LogP contribution in [0.5, 0.6) is 11.5 Å². The molecule has 2 aromatic carbocycles. The molecule has 0 unspecified atom stereocenters. The average molecular weight is 515 g/mol. The van der Waals surface area contributed by atoms with Gasteiger partial charge < -0.3 is 34.1 Å². The topological polar surface area (TPSA) is 118 Å². The maximum atomic E-state index is 11.9. The molecule has 2 heterocycles. The lowest BCUT2D eigenvalue weighted by Gasteiger charge is -2.41. The number of aliphatic carboxylic acids is 1. The van der Waals surface area contributed by atoms with Gasteiger partial charge in [-0.05, 0) is 48.2 Å². The second-order valence-corrected chi connectivity index (χ2v) is 9.24. The number of likely N-dealkylation sites (tertiary alicyclic amines) is 1. The van der Waals surface area contributed by atoms with Crippen LogP contribution >= 0.6 is 0 Å². The minimum absolute atomic E-state index is 0.0415. The van der Waals surface area contributed by atoms with Gasteiger partial charge >= 0.3 is 12.1 Å². The number of carboxylic acid groups (broad SMARTS) is 2. The molecule has 4 rings (SSSR count). The Bertz CT molecular complexity index is 1080. The summed E-state index contributed by atoms with van der Waals surface area (Å²) in [5.41, 5.74) is 2.80. The van der Waals surface area contributed by atoms with Crippen molar-refractivity contribution in [2.24, 2.45) is 0 Å². The summed E-state index contributed by atoms with van der Waals surface area (Å²) in [6, 6.07) is 12.2. The highest BCUT2D eigenvalue weighted by Gasteiger charge is 2.42. The molecular formula is C27H34N2O8. The van der Waals surface area contributed by atoms with Crippen molar-refractivity contribution >= 4 is 17.7 Å². The molecule has 2 N–H and O–H groups in total. The Balaban J connectivity index is 1.54. The van der Waals surface area contributed by atoms with Crippen molar-refractivity contribution in [2.45, 2.75) is 37.5 Å². The number of nitrogens with zero attached hydrogens (tertiary/aromatic N) is 2. The molecule has 3 atom stereocenters. The predicted octanol–water partition coefficient (Wildman–Crippen LogP) is 3.44. The molecule has 200 valence electrons. The smallest absolute Gasteiger partial charge is 0.408 e. The van der Waals surface area contributed by atoms with E-state index in [0.717, 1.165) is 47.0 Å². The number of carboxylic acids is 1. The molecule has 1 amide bonds. The second kappa shape index (κ2) is 12.2. The average Bonchev–Trinajstić information content (AvgIpc) is 2.91. The molecule has 2 aliphatic heterocycles. The normalized spacial score (nSPS) is 21.2. The molecule has 2 aliphatic rings. The van der Waals surface area contributed by atoms with E-state index < -0.39 is 24.2 Å². The number of hydrogen-bond donors (Lipinski definition) is 2. The first-order valence-corrected chi connectivity index (χ1v) is 12.4. The summed E-state index contributed by atoms with van der Waals surface area (Å²) in [5.74, 6) is 0.0459. The van der Waals surface area contributed by atoms with Crippen LogP contribution in [0.2, 0.25) is 0 Å². The Labute approximate surface area is 216 Å². The molecule has 0 bridgehead atoms. The van der Waals surface area contributed by atoms with Crippen LogP contribution in [-0.4, -0.2) is 86.4 Å². The van der Waals surface area contributed by atoms with E-state index in [9.17, 15) is 19.8 Å². The van der Waals surface area contributed by atoms with Crippen molar-refractivity contribution in [1.29, 1.82) is 0 Å². The van der Waals surface area contributed by atoms with Gasteiger partial charge in [-0.2, -0.15) is 0 Å². The minimum atomic E-state index is -1.27. The number of hydrogen-bond acceptors (Lipinski definition) is 7. The Morgan fingerprint density at radius 2 is 1.89 bits per heavy atom. The standard InChI is InChI=1S/C27H34N2O8/c1-34-12-3-10-28-11-13-36-24-9-4-18(14-22(24)28)17-37-25-16-29(27(32)33)23(26(30)31)15-21(25)19-5-7-20(35-2)8-6-19/h4-9,14,21,23,25H,3,10-13,15-17H2,1-2H3,(H,30,31)(H,32,33)/t21-,23-,25+/m1/s1. The summed E-state index contributed by atoms with van der Waals surface area (Å²) >= 11 is 0. The Kier molecular flexibility index (Phi) is 8.73. The van der Waals surface area contributed by atoms with E-state index >= 15 is 0 Å². The molecule has 0 aliphatic carbocycles. The van der Waals surface area contributed by atoms with E-state index in [1.165, 1.54) is 0 Å². The summed E-state index contributed by atoms with van der Waals surface area (Å²) < 4.78 is 22.6. The number of rotatable bonds is 10. The number of carbonyl (C=O) groups is 2. The highest BCUT2D eigenvalue weighted by atomic mass is 16.5. The number of benzene rings is 2. The number of anilines is 1. The van der Waals surface area contributed by atoms with Gasteiger partial charge in [0, 0.05) is 26.2 Å². The molecule has 0 saturated carbocycles. The molecule has 1 fully saturated rings. The van der Waals surface area contributed by atoms with Gasteiger partial charge in [-0.1, -0.05) is 18.2 Å². The number of methoxy groups -OCH3 is 2. The fourth-order valence-corrected chi connectivity index (χ4v) is 5.03. The summed E-state index contributed by atoms with van der Waals surface area (Å²) in [6.45, 7) is 3.15. The molecular weight excluding hydrogens is 480 g/mol. The van der Waals surface area contributed by atoms with E-state index in [0.29, 0.717) is 19.0 Å². The van der Waals surface area contributed by atoms with Crippen molar-refractivity contribution in [3.63, 3.8) is 0 Å². The van der Waals surface area contributed by atoms with Gasteiger partial charge in [0.05, 0.1) is 38.6 Å². The molecule has 0 radical (unpaired) electrons. The first-order chi connectivity index (χ1) is 17.9. The summed E-state index contributed by atoms with van der Waals surface area (Å²) in [7, 11) is 3.27. The zero-order chi connectivity index (χ0) is 26.4. The fraction of sp³-hybridized carbons (Fsp3) is 0.481. The maximum Gasteiger partial charge on any atom is 0.408 e. The number of ether oxygens (including phenoxy) is 4. The number of fused-ring (bicyclic) bond motifs is 1. The quantitative estimate of drug-likeness (QED) is 0.460.